The van der Waals surface area contributed by atoms with Crippen molar-refractivity contribution in [3.05, 3.63) is 33.1 Å². The van der Waals surface area contributed by atoms with Crippen LogP contribution in [-0.2, 0) is 4.74 Å². The number of rotatable bonds is 6. The number of aliphatic hydroxyl groups excluding tert-OH is 2. The summed E-state index contributed by atoms with van der Waals surface area (Å²) in [6.45, 7) is 3.90. The van der Waals surface area contributed by atoms with Crippen LogP contribution in [0.3, 0.4) is 0 Å². The van der Waals surface area contributed by atoms with E-state index in [0.29, 0.717) is 5.92 Å². The molecule has 1 saturated heterocycles. The van der Waals surface area contributed by atoms with Crippen LogP contribution in [0.15, 0.2) is 21.9 Å². The standard InChI is InChI=1S/C14H22N2O5S/c1-8(2)4-6-22-12-11(19)9(7-17)21-13(12)16-5-3-10(18)15-14(16)20/h3,5,8-9,11-13,17,19H,4,6-7H2,1-2H3,(H,15,18,20)/t9-,11+,12?,13-/m1/s1. The number of nitrogens with one attached hydrogen (secondary N) is 1. The zero-order valence-electron chi connectivity index (χ0n) is 12.6. The molecule has 3 N–H and O–H groups in total. The van der Waals surface area contributed by atoms with Gasteiger partial charge in [-0.15, -0.1) is 0 Å². The Balaban J connectivity index is 2.22. The minimum Gasteiger partial charge on any atom is -0.394 e. The fraction of sp³-hybridized carbons (Fsp3) is 0.714. The van der Waals surface area contributed by atoms with Crippen LogP contribution >= 0.6 is 11.8 Å². The molecule has 7 nitrogen and oxygen atoms in total. The van der Waals surface area contributed by atoms with Gasteiger partial charge in [-0.05, 0) is 18.1 Å². The summed E-state index contributed by atoms with van der Waals surface area (Å²) in [5.74, 6) is 1.35. The molecule has 0 aromatic carbocycles. The van der Waals surface area contributed by atoms with Crippen molar-refractivity contribution in [1.29, 1.82) is 0 Å². The van der Waals surface area contributed by atoms with Gasteiger partial charge in [-0.3, -0.25) is 14.3 Å². The summed E-state index contributed by atoms with van der Waals surface area (Å²) in [5, 5.41) is 19.2. The minimum absolute atomic E-state index is 0.322. The summed E-state index contributed by atoms with van der Waals surface area (Å²) in [6, 6.07) is 1.24. The van der Waals surface area contributed by atoms with E-state index in [2.05, 4.69) is 18.8 Å². The molecule has 8 heteroatoms. The molecule has 0 bridgehead atoms. The van der Waals surface area contributed by atoms with Gasteiger partial charge in [-0.2, -0.15) is 11.8 Å². The first kappa shape index (κ1) is 17.3. The average molecular weight is 330 g/mol. The topological polar surface area (TPSA) is 105 Å². The summed E-state index contributed by atoms with van der Waals surface area (Å²) in [4.78, 5) is 25.3. The quantitative estimate of drug-likeness (QED) is 0.675. The largest absolute Gasteiger partial charge is 0.394 e. The number of thioether (sulfide) groups is 1. The van der Waals surface area contributed by atoms with Gasteiger partial charge in [0.2, 0.25) is 0 Å². The third-order valence-corrected chi connectivity index (χ3v) is 4.99. The molecular weight excluding hydrogens is 308 g/mol. The van der Waals surface area contributed by atoms with Crippen molar-refractivity contribution in [2.24, 2.45) is 5.92 Å². The van der Waals surface area contributed by atoms with Crippen molar-refractivity contribution in [2.75, 3.05) is 12.4 Å². The normalized spacial score (nSPS) is 28.4. The highest BCUT2D eigenvalue weighted by atomic mass is 32.2. The lowest BCUT2D eigenvalue weighted by atomic mass is 10.2. The van der Waals surface area contributed by atoms with Crippen molar-refractivity contribution in [2.45, 2.75) is 44.0 Å². The Labute approximate surface area is 132 Å². The predicted octanol–water partition coefficient (Wildman–Crippen LogP) is -0.0649. The predicted molar refractivity (Wildman–Crippen MR) is 84.0 cm³/mol. The zero-order chi connectivity index (χ0) is 16.3. The zero-order valence-corrected chi connectivity index (χ0v) is 13.5. The molecule has 2 heterocycles. The van der Waals surface area contributed by atoms with Gasteiger partial charge in [0.25, 0.3) is 5.56 Å². The second-order valence-electron chi connectivity index (χ2n) is 5.77. The smallest absolute Gasteiger partial charge is 0.330 e. The van der Waals surface area contributed by atoms with Crippen LogP contribution < -0.4 is 11.2 Å². The number of hydrogen-bond donors (Lipinski definition) is 3. The molecule has 1 unspecified atom stereocenters. The Kier molecular flexibility index (Phi) is 5.85. The molecule has 2 rings (SSSR count). The number of hydrogen-bond acceptors (Lipinski definition) is 6. The van der Waals surface area contributed by atoms with Gasteiger partial charge in [0.1, 0.15) is 6.10 Å². The van der Waals surface area contributed by atoms with Crippen molar-refractivity contribution >= 4 is 11.8 Å². The highest BCUT2D eigenvalue weighted by Crippen LogP contribution is 2.37. The lowest BCUT2D eigenvalue weighted by molar-refractivity contribution is -0.0457. The summed E-state index contributed by atoms with van der Waals surface area (Å²) < 4.78 is 6.88. The Hall–Kier alpha value is -1.09. The van der Waals surface area contributed by atoms with Gasteiger partial charge in [0.15, 0.2) is 6.23 Å². The molecule has 0 spiro atoms. The molecule has 1 aliphatic rings. The summed E-state index contributed by atoms with van der Waals surface area (Å²) in [7, 11) is 0. The number of aliphatic hydroxyl groups is 2. The van der Waals surface area contributed by atoms with Gasteiger partial charge in [-0.25, -0.2) is 4.79 Å². The Bertz CT molecular complexity index is 599. The highest BCUT2D eigenvalue weighted by molar-refractivity contribution is 8.00. The van der Waals surface area contributed by atoms with Crippen molar-refractivity contribution in [3.63, 3.8) is 0 Å². The molecule has 1 aromatic heterocycles. The number of nitrogens with zero attached hydrogens (tertiary/aromatic N) is 1. The fourth-order valence-corrected chi connectivity index (χ4v) is 3.95. The molecule has 1 fully saturated rings. The Morgan fingerprint density at radius 1 is 1.45 bits per heavy atom. The van der Waals surface area contributed by atoms with E-state index in [9.17, 15) is 19.8 Å². The van der Waals surface area contributed by atoms with Gasteiger partial charge >= 0.3 is 5.69 Å². The second-order valence-corrected chi connectivity index (χ2v) is 7.06. The van der Waals surface area contributed by atoms with Crippen molar-refractivity contribution in [3.8, 4) is 0 Å². The van der Waals surface area contributed by atoms with Crippen LogP contribution in [0, 0.1) is 5.92 Å². The maximum atomic E-state index is 11.9. The third-order valence-electron chi connectivity index (χ3n) is 3.62. The van der Waals surface area contributed by atoms with Crippen molar-refractivity contribution < 1.29 is 14.9 Å². The number of aromatic nitrogens is 2. The third kappa shape index (κ3) is 3.81. The Morgan fingerprint density at radius 3 is 2.77 bits per heavy atom. The minimum atomic E-state index is -0.869. The maximum absolute atomic E-state index is 11.9. The number of H-pyrrole nitrogens is 1. The van der Waals surface area contributed by atoms with Crippen LogP contribution in [0.2, 0.25) is 0 Å². The van der Waals surface area contributed by atoms with Crippen LogP contribution in [0.4, 0.5) is 0 Å². The van der Waals surface area contributed by atoms with Crippen LogP contribution in [0.5, 0.6) is 0 Å². The average Bonchev–Trinajstić information content (AvgIpc) is 2.75. The highest BCUT2D eigenvalue weighted by Gasteiger charge is 2.44. The van der Waals surface area contributed by atoms with E-state index >= 15 is 0 Å². The first-order chi connectivity index (χ1) is 10.4. The van der Waals surface area contributed by atoms with Gasteiger partial charge in [-0.1, -0.05) is 13.8 Å². The van der Waals surface area contributed by atoms with E-state index in [1.807, 2.05) is 0 Å². The molecule has 0 amide bonds. The molecule has 0 radical (unpaired) electrons. The van der Waals surface area contributed by atoms with Crippen molar-refractivity contribution in [1.82, 2.24) is 9.55 Å². The van der Waals surface area contributed by atoms with E-state index < -0.39 is 29.7 Å². The SMILES string of the molecule is CC(C)CCSC1[C@@H](O)[C@@H](CO)O[C@H]1n1ccc(=O)[nH]c1=O. The molecule has 4 atom stereocenters. The van der Waals surface area contributed by atoms with Crippen LogP contribution in [0.1, 0.15) is 26.5 Å². The van der Waals surface area contributed by atoms with E-state index in [-0.39, 0.29) is 11.9 Å². The molecule has 0 aliphatic carbocycles. The molecular formula is C14H22N2O5S. The number of ether oxygens (including phenoxy) is 1. The fourth-order valence-electron chi connectivity index (χ4n) is 2.34. The summed E-state index contributed by atoms with van der Waals surface area (Å²) in [5.41, 5.74) is -1.07. The first-order valence-corrected chi connectivity index (χ1v) is 8.36. The lowest BCUT2D eigenvalue weighted by Crippen LogP contribution is -2.36. The molecule has 124 valence electrons. The van der Waals surface area contributed by atoms with E-state index in [1.165, 1.54) is 28.6 Å². The van der Waals surface area contributed by atoms with Crippen LogP contribution in [0.25, 0.3) is 0 Å². The second kappa shape index (κ2) is 7.45. The van der Waals surface area contributed by atoms with Crippen LogP contribution in [-0.4, -0.2) is 49.6 Å². The van der Waals surface area contributed by atoms with E-state index in [1.54, 1.807) is 0 Å². The molecule has 1 aromatic rings. The summed E-state index contributed by atoms with van der Waals surface area (Å²) in [6.07, 6.45) is 0.0132. The van der Waals surface area contributed by atoms with Gasteiger partial charge < -0.3 is 14.9 Å². The maximum Gasteiger partial charge on any atom is 0.330 e. The molecule has 1 aliphatic heterocycles. The number of aromatic amines is 1. The first-order valence-electron chi connectivity index (χ1n) is 7.31. The molecule has 22 heavy (non-hydrogen) atoms. The Morgan fingerprint density at radius 2 is 2.18 bits per heavy atom. The lowest BCUT2D eigenvalue weighted by Gasteiger charge is -2.21. The van der Waals surface area contributed by atoms with Gasteiger partial charge in [0.05, 0.1) is 18.0 Å². The monoisotopic (exact) mass is 330 g/mol. The summed E-state index contributed by atoms with van der Waals surface area (Å²) >= 11 is 1.52. The van der Waals surface area contributed by atoms with Gasteiger partial charge in [0, 0.05) is 12.3 Å². The molecule has 0 saturated carbocycles. The van der Waals surface area contributed by atoms with E-state index in [4.69, 9.17) is 4.74 Å². The van der Waals surface area contributed by atoms with E-state index in [0.717, 1.165) is 12.2 Å².